The lowest BCUT2D eigenvalue weighted by Crippen LogP contribution is -2.05. The van der Waals surface area contributed by atoms with Crippen LogP contribution in [0.3, 0.4) is 0 Å². The summed E-state index contributed by atoms with van der Waals surface area (Å²) in [7, 11) is 0. The Balaban J connectivity index is 2.47. The number of thiophene rings is 1. The van der Waals surface area contributed by atoms with Gasteiger partial charge in [0.2, 0.25) is 0 Å². The molecule has 4 nitrogen and oxygen atoms in total. The van der Waals surface area contributed by atoms with Crippen molar-refractivity contribution in [1.82, 2.24) is 9.97 Å². The van der Waals surface area contributed by atoms with Crippen molar-refractivity contribution < 1.29 is 0 Å². The van der Waals surface area contributed by atoms with E-state index in [4.69, 9.17) is 5.73 Å². The van der Waals surface area contributed by atoms with E-state index >= 15 is 0 Å². The quantitative estimate of drug-likeness (QED) is 0.675. The van der Waals surface area contributed by atoms with Gasteiger partial charge in [-0.15, -0.1) is 11.3 Å². The van der Waals surface area contributed by atoms with Crippen LogP contribution in [0.25, 0.3) is 10.2 Å². The Morgan fingerprint density at radius 3 is 3.36 bits per heavy atom. The molecule has 2 heterocycles. The van der Waals surface area contributed by atoms with E-state index in [0.29, 0.717) is 0 Å². The van der Waals surface area contributed by atoms with Gasteiger partial charge in [-0.25, -0.2) is 4.98 Å². The topological polar surface area (TPSA) is 71.8 Å². The van der Waals surface area contributed by atoms with E-state index in [9.17, 15) is 4.79 Å². The molecule has 2 aromatic rings. The third-order valence-electron chi connectivity index (χ3n) is 2.67. The number of aromatic amines is 1. The third-order valence-corrected chi connectivity index (χ3v) is 3.94. The normalized spacial score (nSPS) is 20.2. The second-order valence-electron chi connectivity index (χ2n) is 3.50. The maximum absolute atomic E-state index is 11.6. The third kappa shape index (κ3) is 0.908. The molecule has 3 rings (SSSR count). The molecule has 0 aromatic carbocycles. The molecular formula is C9H9N3OS. The van der Waals surface area contributed by atoms with Crippen molar-refractivity contribution in [1.29, 1.82) is 0 Å². The summed E-state index contributed by atoms with van der Waals surface area (Å²) < 4.78 is 0. The first-order valence-electron chi connectivity index (χ1n) is 4.52. The van der Waals surface area contributed by atoms with E-state index in [1.165, 1.54) is 6.33 Å². The molecule has 0 bridgehead atoms. The fourth-order valence-corrected chi connectivity index (χ4v) is 3.22. The summed E-state index contributed by atoms with van der Waals surface area (Å²) in [4.78, 5) is 20.3. The van der Waals surface area contributed by atoms with Crippen LogP contribution in [0.5, 0.6) is 0 Å². The highest BCUT2D eigenvalue weighted by atomic mass is 32.1. The molecule has 0 amide bonds. The molecule has 72 valence electrons. The summed E-state index contributed by atoms with van der Waals surface area (Å²) in [6.45, 7) is 0. The molecule has 1 unspecified atom stereocenters. The Hall–Kier alpha value is -1.20. The van der Waals surface area contributed by atoms with E-state index in [2.05, 4.69) is 9.97 Å². The minimum Gasteiger partial charge on any atom is -0.323 e. The number of aryl methyl sites for hydroxylation is 1. The van der Waals surface area contributed by atoms with Gasteiger partial charge in [0.1, 0.15) is 4.83 Å². The Morgan fingerprint density at radius 1 is 1.64 bits per heavy atom. The molecule has 3 N–H and O–H groups in total. The van der Waals surface area contributed by atoms with E-state index in [0.717, 1.165) is 33.5 Å². The highest BCUT2D eigenvalue weighted by Gasteiger charge is 2.25. The van der Waals surface area contributed by atoms with Gasteiger partial charge in [0.15, 0.2) is 0 Å². The van der Waals surface area contributed by atoms with Crippen molar-refractivity contribution in [3.8, 4) is 0 Å². The largest absolute Gasteiger partial charge is 0.323 e. The molecule has 1 aliphatic carbocycles. The second kappa shape index (κ2) is 2.65. The molecule has 2 aromatic heterocycles. The minimum absolute atomic E-state index is 0.0402. The van der Waals surface area contributed by atoms with Crippen LogP contribution in [0, 0.1) is 0 Å². The molecule has 0 radical (unpaired) electrons. The van der Waals surface area contributed by atoms with Crippen LogP contribution >= 0.6 is 11.3 Å². The first kappa shape index (κ1) is 8.14. The molecule has 0 aliphatic heterocycles. The summed E-state index contributed by atoms with van der Waals surface area (Å²) in [5, 5.41) is 0.750. The zero-order valence-corrected chi connectivity index (χ0v) is 8.23. The van der Waals surface area contributed by atoms with Gasteiger partial charge in [0, 0.05) is 10.9 Å². The van der Waals surface area contributed by atoms with Crippen LogP contribution in [0.15, 0.2) is 11.1 Å². The van der Waals surface area contributed by atoms with E-state index in [-0.39, 0.29) is 11.6 Å². The maximum Gasteiger partial charge on any atom is 0.259 e. The molecular weight excluding hydrogens is 198 g/mol. The summed E-state index contributed by atoms with van der Waals surface area (Å²) in [6, 6.07) is 0.101. The van der Waals surface area contributed by atoms with Crippen LogP contribution < -0.4 is 11.3 Å². The zero-order valence-electron chi connectivity index (χ0n) is 7.41. The average Bonchev–Trinajstić information content (AvgIpc) is 2.68. The van der Waals surface area contributed by atoms with Gasteiger partial charge in [0.05, 0.1) is 11.7 Å². The highest BCUT2D eigenvalue weighted by Crippen LogP contribution is 2.39. The molecule has 14 heavy (non-hydrogen) atoms. The van der Waals surface area contributed by atoms with Crippen molar-refractivity contribution in [2.75, 3.05) is 0 Å². The molecule has 0 fully saturated rings. The van der Waals surface area contributed by atoms with E-state index in [1.807, 2.05) is 0 Å². The minimum atomic E-state index is -0.0402. The lowest BCUT2D eigenvalue weighted by molar-refractivity contribution is 0.721. The number of hydrogen-bond acceptors (Lipinski definition) is 4. The predicted octanol–water partition coefficient (Wildman–Crippen LogP) is 0.931. The summed E-state index contributed by atoms with van der Waals surface area (Å²) in [6.07, 6.45) is 3.30. The fraction of sp³-hybridized carbons (Fsp3) is 0.333. The maximum atomic E-state index is 11.6. The number of rotatable bonds is 0. The number of H-pyrrole nitrogens is 1. The predicted molar refractivity (Wildman–Crippen MR) is 55.5 cm³/mol. The van der Waals surface area contributed by atoms with Gasteiger partial charge >= 0.3 is 0 Å². The molecule has 1 atom stereocenters. The Labute approximate surface area is 83.8 Å². The number of fused-ring (bicyclic) bond motifs is 3. The molecule has 0 saturated carbocycles. The monoisotopic (exact) mass is 207 g/mol. The van der Waals surface area contributed by atoms with Gasteiger partial charge in [-0.1, -0.05) is 0 Å². The zero-order chi connectivity index (χ0) is 9.71. The standard InChI is InChI=1S/C9H9N3OS/c10-5-2-1-4-6-8(13)11-3-12-9(6)14-7(4)5/h3,5H,1-2,10H2,(H,11,12,13). The van der Waals surface area contributed by atoms with Gasteiger partial charge in [0.25, 0.3) is 5.56 Å². The summed E-state index contributed by atoms with van der Waals surface area (Å²) in [5.41, 5.74) is 7.01. The fourth-order valence-electron chi connectivity index (χ4n) is 1.99. The highest BCUT2D eigenvalue weighted by molar-refractivity contribution is 7.19. The first-order valence-corrected chi connectivity index (χ1v) is 5.33. The Morgan fingerprint density at radius 2 is 2.50 bits per heavy atom. The number of nitrogens with two attached hydrogens (primary N) is 1. The summed E-state index contributed by atoms with van der Waals surface area (Å²) >= 11 is 1.55. The van der Waals surface area contributed by atoms with Crippen molar-refractivity contribution in [3.63, 3.8) is 0 Å². The lowest BCUT2D eigenvalue weighted by atomic mass is 10.2. The number of nitrogens with one attached hydrogen (secondary N) is 1. The van der Waals surface area contributed by atoms with Crippen LogP contribution in [0.4, 0.5) is 0 Å². The first-order chi connectivity index (χ1) is 6.77. The molecule has 0 spiro atoms. The summed E-state index contributed by atoms with van der Waals surface area (Å²) in [5.74, 6) is 0. The number of aromatic nitrogens is 2. The van der Waals surface area contributed by atoms with Gasteiger partial charge in [-0.05, 0) is 18.4 Å². The SMILES string of the molecule is NC1CCc2c1sc1nc[nH]c(=O)c21. The van der Waals surface area contributed by atoms with Crippen LogP contribution in [-0.2, 0) is 6.42 Å². The average molecular weight is 207 g/mol. The Kier molecular flexibility index (Phi) is 1.54. The molecule has 0 saturated heterocycles. The van der Waals surface area contributed by atoms with Crippen LogP contribution in [-0.4, -0.2) is 9.97 Å². The van der Waals surface area contributed by atoms with Crippen molar-refractivity contribution in [2.45, 2.75) is 18.9 Å². The Bertz CT molecular complexity index is 557. The van der Waals surface area contributed by atoms with Gasteiger partial charge in [-0.2, -0.15) is 0 Å². The molecule has 5 heteroatoms. The van der Waals surface area contributed by atoms with Crippen molar-refractivity contribution >= 4 is 21.6 Å². The van der Waals surface area contributed by atoms with Crippen LogP contribution in [0.2, 0.25) is 0 Å². The van der Waals surface area contributed by atoms with E-state index < -0.39 is 0 Å². The van der Waals surface area contributed by atoms with Gasteiger partial charge in [-0.3, -0.25) is 4.79 Å². The van der Waals surface area contributed by atoms with Gasteiger partial charge < -0.3 is 10.7 Å². The molecule has 1 aliphatic rings. The number of nitrogens with zero attached hydrogens (tertiary/aromatic N) is 1. The second-order valence-corrected chi connectivity index (χ2v) is 4.53. The smallest absolute Gasteiger partial charge is 0.259 e. The van der Waals surface area contributed by atoms with Crippen LogP contribution in [0.1, 0.15) is 22.9 Å². The van der Waals surface area contributed by atoms with Crippen molar-refractivity contribution in [2.24, 2.45) is 5.73 Å². The lowest BCUT2D eigenvalue weighted by Gasteiger charge is -1.97. The number of hydrogen-bond donors (Lipinski definition) is 2. The van der Waals surface area contributed by atoms with E-state index in [1.54, 1.807) is 11.3 Å². The van der Waals surface area contributed by atoms with Crippen molar-refractivity contribution in [3.05, 3.63) is 27.1 Å².